The van der Waals surface area contributed by atoms with E-state index in [1.807, 2.05) is 12.1 Å². The van der Waals surface area contributed by atoms with Gasteiger partial charge in [-0.3, -0.25) is 9.69 Å². The average molecular weight is 374 g/mol. The Bertz CT molecular complexity index is 737. The Balaban J connectivity index is 1.75. The predicted octanol–water partition coefficient (Wildman–Crippen LogP) is 2.40. The number of nitrogens with one attached hydrogen (secondary N) is 1. The molecule has 3 unspecified atom stereocenters. The van der Waals surface area contributed by atoms with Crippen LogP contribution in [-0.2, 0) is 10.2 Å². The van der Waals surface area contributed by atoms with Gasteiger partial charge in [0.15, 0.2) is 11.5 Å². The number of anilines is 1. The molecule has 4 atom stereocenters. The SMILES string of the molecule is CC[C@H]1CN2CCC3(C(=O)Nc4cc(OC)c(OC)cc43)C2CC1CCO. The molecule has 1 spiro atoms. The fraction of sp³-hybridized carbons (Fsp3) is 0.667. The quantitative estimate of drug-likeness (QED) is 0.828. The van der Waals surface area contributed by atoms with E-state index in [1.54, 1.807) is 14.2 Å². The number of carbonyl (C=O) groups excluding carboxylic acids is 1. The largest absolute Gasteiger partial charge is 0.493 e. The molecule has 0 bridgehead atoms. The molecule has 3 heterocycles. The minimum Gasteiger partial charge on any atom is -0.493 e. The Hall–Kier alpha value is -1.79. The molecule has 6 nitrogen and oxygen atoms in total. The first-order chi connectivity index (χ1) is 13.1. The van der Waals surface area contributed by atoms with Gasteiger partial charge in [0.1, 0.15) is 0 Å². The van der Waals surface area contributed by atoms with Gasteiger partial charge in [-0.1, -0.05) is 13.3 Å². The van der Waals surface area contributed by atoms with E-state index in [4.69, 9.17) is 9.47 Å². The van der Waals surface area contributed by atoms with Crippen molar-refractivity contribution in [3.63, 3.8) is 0 Å². The number of nitrogens with zero attached hydrogens (tertiary/aromatic N) is 1. The van der Waals surface area contributed by atoms with Crippen LogP contribution in [0.15, 0.2) is 12.1 Å². The average Bonchev–Trinajstić information content (AvgIpc) is 3.19. The van der Waals surface area contributed by atoms with Gasteiger partial charge in [-0.15, -0.1) is 0 Å². The minimum absolute atomic E-state index is 0.0954. The van der Waals surface area contributed by atoms with Crippen LogP contribution >= 0.6 is 0 Å². The Morgan fingerprint density at radius 1 is 1.26 bits per heavy atom. The van der Waals surface area contributed by atoms with Gasteiger partial charge in [0.05, 0.1) is 19.6 Å². The molecule has 3 aliphatic heterocycles. The van der Waals surface area contributed by atoms with Crippen molar-refractivity contribution >= 4 is 11.6 Å². The molecule has 2 fully saturated rings. The van der Waals surface area contributed by atoms with E-state index >= 15 is 0 Å². The summed E-state index contributed by atoms with van der Waals surface area (Å²) < 4.78 is 10.9. The van der Waals surface area contributed by atoms with Gasteiger partial charge in [0.2, 0.25) is 5.91 Å². The van der Waals surface area contributed by atoms with Gasteiger partial charge in [-0.2, -0.15) is 0 Å². The van der Waals surface area contributed by atoms with Gasteiger partial charge in [0.25, 0.3) is 0 Å². The van der Waals surface area contributed by atoms with E-state index in [0.29, 0.717) is 23.3 Å². The molecule has 3 aliphatic rings. The van der Waals surface area contributed by atoms with Gasteiger partial charge in [-0.05, 0) is 49.3 Å². The van der Waals surface area contributed by atoms with Crippen molar-refractivity contribution in [3.05, 3.63) is 17.7 Å². The summed E-state index contributed by atoms with van der Waals surface area (Å²) in [5.41, 5.74) is 1.35. The Morgan fingerprint density at radius 2 is 2.00 bits per heavy atom. The molecule has 2 saturated heterocycles. The molecule has 6 heteroatoms. The molecule has 2 N–H and O–H groups in total. The van der Waals surface area contributed by atoms with Crippen LogP contribution in [0, 0.1) is 11.8 Å². The van der Waals surface area contributed by atoms with Crippen molar-refractivity contribution < 1.29 is 19.4 Å². The summed E-state index contributed by atoms with van der Waals surface area (Å²) in [6.07, 6.45) is 3.72. The monoisotopic (exact) mass is 374 g/mol. The number of carbonyl (C=O) groups is 1. The van der Waals surface area contributed by atoms with Crippen molar-refractivity contribution in [1.29, 1.82) is 0 Å². The van der Waals surface area contributed by atoms with Crippen molar-refractivity contribution in [2.24, 2.45) is 11.8 Å². The van der Waals surface area contributed by atoms with Crippen LogP contribution in [0.4, 0.5) is 5.69 Å². The topological polar surface area (TPSA) is 71.0 Å². The van der Waals surface area contributed by atoms with Crippen molar-refractivity contribution in [3.8, 4) is 11.5 Å². The fourth-order valence-electron chi connectivity index (χ4n) is 5.72. The minimum atomic E-state index is -0.526. The molecule has 27 heavy (non-hydrogen) atoms. The second-order valence-electron chi connectivity index (χ2n) is 8.12. The predicted molar refractivity (Wildman–Crippen MR) is 103 cm³/mol. The maximum atomic E-state index is 13.3. The molecular formula is C21H30N2O4. The van der Waals surface area contributed by atoms with Gasteiger partial charge in [0, 0.05) is 30.9 Å². The maximum Gasteiger partial charge on any atom is 0.236 e. The Labute approximate surface area is 160 Å². The Kier molecular flexibility index (Phi) is 4.80. The number of methoxy groups -OCH3 is 2. The molecular weight excluding hydrogens is 344 g/mol. The molecule has 0 aliphatic carbocycles. The maximum absolute atomic E-state index is 13.3. The summed E-state index contributed by atoms with van der Waals surface area (Å²) in [6.45, 7) is 4.41. The fourth-order valence-corrected chi connectivity index (χ4v) is 5.72. The lowest BCUT2D eigenvalue weighted by Crippen LogP contribution is -2.53. The summed E-state index contributed by atoms with van der Waals surface area (Å²) in [7, 11) is 3.24. The number of fused-ring (bicyclic) bond motifs is 4. The van der Waals surface area contributed by atoms with E-state index in [2.05, 4.69) is 17.1 Å². The van der Waals surface area contributed by atoms with E-state index < -0.39 is 5.41 Å². The first-order valence-corrected chi connectivity index (χ1v) is 10.0. The number of ether oxygens (including phenoxy) is 2. The molecule has 1 amide bonds. The molecule has 148 valence electrons. The lowest BCUT2D eigenvalue weighted by atomic mass is 9.68. The third kappa shape index (κ3) is 2.64. The molecule has 4 rings (SSSR count). The lowest BCUT2D eigenvalue weighted by molar-refractivity contribution is -0.122. The van der Waals surface area contributed by atoms with E-state index in [9.17, 15) is 9.90 Å². The van der Waals surface area contributed by atoms with Crippen molar-refractivity contribution in [2.45, 2.75) is 44.1 Å². The van der Waals surface area contributed by atoms with Crippen molar-refractivity contribution in [1.82, 2.24) is 4.90 Å². The zero-order valence-corrected chi connectivity index (χ0v) is 16.5. The van der Waals surface area contributed by atoms with Gasteiger partial charge >= 0.3 is 0 Å². The standard InChI is InChI=1S/C21H30N2O4/c1-4-13-12-23-7-6-21(19(23)9-14(13)5-8-24)15-10-17(26-2)18(27-3)11-16(15)22-20(21)25/h10-11,13-14,19,24H,4-9,12H2,1-3H3,(H,22,25)/t13-,14?,19?,21?/m0/s1. The highest BCUT2D eigenvalue weighted by Crippen LogP contribution is 2.54. The highest BCUT2D eigenvalue weighted by Gasteiger charge is 2.59. The summed E-state index contributed by atoms with van der Waals surface area (Å²) in [5.74, 6) is 2.46. The number of hydrogen-bond acceptors (Lipinski definition) is 5. The molecule has 0 aromatic heterocycles. The Morgan fingerprint density at radius 3 is 2.67 bits per heavy atom. The van der Waals surface area contributed by atoms with E-state index in [1.165, 1.54) is 0 Å². The molecule has 0 saturated carbocycles. The van der Waals surface area contributed by atoms with E-state index in [0.717, 1.165) is 50.0 Å². The molecule has 1 aromatic carbocycles. The van der Waals surface area contributed by atoms with Crippen molar-refractivity contribution in [2.75, 3.05) is 39.2 Å². The summed E-state index contributed by atoms with van der Waals surface area (Å²) in [4.78, 5) is 15.8. The number of aliphatic hydroxyl groups is 1. The van der Waals surface area contributed by atoms with Crippen LogP contribution in [0.2, 0.25) is 0 Å². The zero-order chi connectivity index (χ0) is 19.2. The normalized spacial score (nSPS) is 32.3. The van der Waals surface area contributed by atoms with Crippen LogP contribution in [0.1, 0.15) is 38.2 Å². The highest BCUT2D eigenvalue weighted by molar-refractivity contribution is 6.07. The third-order valence-corrected chi connectivity index (χ3v) is 7.15. The molecule has 1 aromatic rings. The summed E-state index contributed by atoms with van der Waals surface area (Å²) >= 11 is 0. The van der Waals surface area contributed by atoms with Gasteiger partial charge in [-0.25, -0.2) is 0 Å². The summed E-state index contributed by atoms with van der Waals surface area (Å²) in [5, 5.41) is 12.7. The van der Waals surface area contributed by atoms with E-state index in [-0.39, 0.29) is 18.6 Å². The van der Waals surface area contributed by atoms with Gasteiger partial charge < -0.3 is 19.9 Å². The van der Waals surface area contributed by atoms with Crippen LogP contribution in [0.5, 0.6) is 11.5 Å². The first kappa shape index (κ1) is 18.6. The number of benzene rings is 1. The first-order valence-electron chi connectivity index (χ1n) is 10.0. The van der Waals surface area contributed by atoms with Crippen LogP contribution in [-0.4, -0.2) is 55.9 Å². The lowest BCUT2D eigenvalue weighted by Gasteiger charge is -2.44. The van der Waals surface area contributed by atoms with Crippen LogP contribution in [0.25, 0.3) is 0 Å². The third-order valence-electron chi connectivity index (χ3n) is 7.15. The smallest absolute Gasteiger partial charge is 0.236 e. The summed E-state index contributed by atoms with van der Waals surface area (Å²) in [6, 6.07) is 4.05. The number of hydrogen-bond donors (Lipinski definition) is 2. The zero-order valence-electron chi connectivity index (χ0n) is 16.5. The number of piperidine rings is 1. The van der Waals surface area contributed by atoms with Crippen LogP contribution < -0.4 is 14.8 Å². The number of amides is 1. The second kappa shape index (κ2) is 6.99. The highest BCUT2D eigenvalue weighted by atomic mass is 16.5. The molecule has 0 radical (unpaired) electrons. The second-order valence-corrected chi connectivity index (χ2v) is 8.12. The van der Waals surface area contributed by atoms with Crippen LogP contribution in [0.3, 0.4) is 0 Å². The number of aliphatic hydroxyl groups excluding tert-OH is 1. The number of rotatable bonds is 5.